The highest BCUT2D eigenvalue weighted by Gasteiger charge is 2.32. The van der Waals surface area contributed by atoms with Gasteiger partial charge in [-0.2, -0.15) is 0 Å². The van der Waals surface area contributed by atoms with E-state index in [1.54, 1.807) is 20.8 Å². The summed E-state index contributed by atoms with van der Waals surface area (Å²) >= 11 is 0. The monoisotopic (exact) mass is 647 g/mol. The second-order valence-corrected chi connectivity index (χ2v) is 12.7. The molecular weight excluding hydrogens is 610 g/mol. The number of alkyl carbamates (subject to hydrolysis) is 3. The fourth-order valence-corrected chi connectivity index (χ4v) is 6.31. The fraction of sp³-hybridized carbons (Fsp3) is 0.263. The zero-order valence-corrected chi connectivity index (χ0v) is 26.9. The largest absolute Gasteiger partial charge is 0.449 e. The number of benzene rings is 4. The third-order valence-corrected chi connectivity index (χ3v) is 8.37. The zero-order chi connectivity index (χ0) is 33.8. The van der Waals surface area contributed by atoms with Crippen molar-refractivity contribution < 1.29 is 33.4 Å². The van der Waals surface area contributed by atoms with E-state index in [9.17, 15) is 19.2 Å². The van der Waals surface area contributed by atoms with E-state index in [0.717, 1.165) is 44.5 Å². The molecule has 2 aliphatic carbocycles. The van der Waals surface area contributed by atoms with Gasteiger partial charge in [0.05, 0.1) is 6.54 Å². The first-order valence-corrected chi connectivity index (χ1v) is 15.8. The molecule has 0 radical (unpaired) electrons. The molecule has 10 heteroatoms. The van der Waals surface area contributed by atoms with Crippen molar-refractivity contribution in [2.45, 2.75) is 44.2 Å². The number of fused-ring (bicyclic) bond motifs is 6. The van der Waals surface area contributed by atoms with Gasteiger partial charge in [-0.25, -0.2) is 14.4 Å². The van der Waals surface area contributed by atoms with E-state index in [2.05, 4.69) is 16.0 Å². The number of carbonyl (C=O) groups excluding carboxylic acids is 4. The number of amides is 4. The summed E-state index contributed by atoms with van der Waals surface area (Å²) in [5, 5.41) is 7.15. The molecule has 4 aromatic carbocycles. The van der Waals surface area contributed by atoms with Gasteiger partial charge >= 0.3 is 18.3 Å². The first kappa shape index (κ1) is 32.3. The van der Waals surface area contributed by atoms with Crippen LogP contribution in [0.3, 0.4) is 0 Å². The van der Waals surface area contributed by atoms with Crippen LogP contribution < -0.4 is 16.0 Å². The Morgan fingerprint density at radius 1 is 0.604 bits per heavy atom. The smallest absolute Gasteiger partial charge is 0.413 e. The Hall–Kier alpha value is -5.64. The number of imide groups is 1. The average molecular weight is 648 g/mol. The van der Waals surface area contributed by atoms with Crippen molar-refractivity contribution >= 4 is 24.2 Å². The lowest BCUT2D eigenvalue weighted by molar-refractivity contribution is -0.122. The summed E-state index contributed by atoms with van der Waals surface area (Å²) in [4.78, 5) is 51.6. The number of hydrogen-bond donors (Lipinski definition) is 3. The van der Waals surface area contributed by atoms with Gasteiger partial charge in [-0.05, 0) is 65.3 Å². The normalized spacial score (nSPS) is 13.6. The standard InChI is InChI=1S/C38H37N3O7/c1-38(2,3)48-35(43)39-20-33(40-36(44)46-21-31-27-16-8-4-12-23(27)24-13-5-9-17-28(24)31)34(42)41-37(45)47-22-32-29-18-10-6-14-25(29)26-15-7-11-19-30(26)32/h4-19,31-33H,20-22H2,1-3H3,(H,39,43)(H,40,44)(H,41,42,45)/t33-/m1/s1. The molecule has 0 bridgehead atoms. The maximum Gasteiger partial charge on any atom is 0.413 e. The maximum absolute atomic E-state index is 13.3. The van der Waals surface area contributed by atoms with Gasteiger partial charge in [-0.3, -0.25) is 10.1 Å². The second-order valence-electron chi connectivity index (χ2n) is 12.7. The Labute approximate surface area is 278 Å². The van der Waals surface area contributed by atoms with Crippen LogP contribution in [0.5, 0.6) is 0 Å². The molecule has 0 saturated heterocycles. The number of nitrogens with one attached hydrogen (secondary N) is 3. The van der Waals surface area contributed by atoms with E-state index < -0.39 is 35.8 Å². The van der Waals surface area contributed by atoms with E-state index in [0.29, 0.717) is 0 Å². The minimum Gasteiger partial charge on any atom is -0.449 e. The molecule has 6 rings (SSSR count). The van der Waals surface area contributed by atoms with E-state index in [1.807, 2.05) is 97.1 Å². The lowest BCUT2D eigenvalue weighted by atomic mass is 9.98. The predicted molar refractivity (Wildman–Crippen MR) is 179 cm³/mol. The zero-order valence-electron chi connectivity index (χ0n) is 26.9. The lowest BCUT2D eigenvalue weighted by Crippen LogP contribution is -2.54. The molecule has 10 nitrogen and oxygen atoms in total. The minimum atomic E-state index is -1.38. The lowest BCUT2D eigenvalue weighted by Gasteiger charge is -2.22. The van der Waals surface area contributed by atoms with Gasteiger partial charge in [-0.1, -0.05) is 97.1 Å². The number of ether oxygens (including phenoxy) is 3. The summed E-state index contributed by atoms with van der Waals surface area (Å²) in [5.74, 6) is -1.30. The van der Waals surface area contributed by atoms with Gasteiger partial charge in [0.2, 0.25) is 0 Å². The quantitative estimate of drug-likeness (QED) is 0.187. The SMILES string of the molecule is CC(C)(C)OC(=O)NC[C@@H](NC(=O)OCC1c2ccccc2-c2ccccc21)C(=O)NC(=O)OCC1c2ccccc2-c2ccccc21. The first-order chi connectivity index (χ1) is 23.1. The molecule has 0 aromatic heterocycles. The summed E-state index contributed by atoms with van der Waals surface area (Å²) in [7, 11) is 0. The van der Waals surface area contributed by atoms with Crippen LogP contribution in [-0.4, -0.2) is 55.6 Å². The number of rotatable bonds is 8. The van der Waals surface area contributed by atoms with Crippen molar-refractivity contribution in [1.82, 2.24) is 16.0 Å². The molecule has 0 spiro atoms. The van der Waals surface area contributed by atoms with Crippen molar-refractivity contribution in [2.24, 2.45) is 0 Å². The molecule has 4 aromatic rings. The molecule has 0 fully saturated rings. The Morgan fingerprint density at radius 3 is 1.42 bits per heavy atom. The molecule has 0 heterocycles. The topological polar surface area (TPSA) is 132 Å². The van der Waals surface area contributed by atoms with Gasteiger partial charge in [-0.15, -0.1) is 0 Å². The van der Waals surface area contributed by atoms with Crippen LogP contribution in [-0.2, 0) is 19.0 Å². The van der Waals surface area contributed by atoms with Crippen LogP contribution in [0.4, 0.5) is 14.4 Å². The molecule has 246 valence electrons. The van der Waals surface area contributed by atoms with Crippen LogP contribution in [0.2, 0.25) is 0 Å². The highest BCUT2D eigenvalue weighted by atomic mass is 16.6. The second kappa shape index (κ2) is 13.6. The Balaban J connectivity index is 1.10. The molecule has 3 N–H and O–H groups in total. The van der Waals surface area contributed by atoms with Crippen LogP contribution >= 0.6 is 0 Å². The number of hydrogen-bond acceptors (Lipinski definition) is 7. The minimum absolute atomic E-state index is 0.00618. The van der Waals surface area contributed by atoms with Crippen molar-refractivity contribution in [1.29, 1.82) is 0 Å². The average Bonchev–Trinajstić information content (AvgIpc) is 3.56. The van der Waals surface area contributed by atoms with Crippen LogP contribution in [0.25, 0.3) is 22.3 Å². The summed E-state index contributed by atoms with van der Waals surface area (Å²) < 4.78 is 16.4. The molecule has 1 atom stereocenters. The predicted octanol–water partition coefficient (Wildman–Crippen LogP) is 6.48. The van der Waals surface area contributed by atoms with E-state index in [4.69, 9.17) is 14.2 Å². The van der Waals surface area contributed by atoms with Gasteiger partial charge in [0.15, 0.2) is 0 Å². The first-order valence-electron chi connectivity index (χ1n) is 15.8. The van der Waals surface area contributed by atoms with Crippen molar-refractivity contribution in [3.63, 3.8) is 0 Å². The van der Waals surface area contributed by atoms with Crippen molar-refractivity contribution in [3.05, 3.63) is 119 Å². The van der Waals surface area contributed by atoms with E-state index in [1.165, 1.54) is 0 Å². The molecule has 4 amide bonds. The number of carbonyl (C=O) groups is 4. The summed E-state index contributed by atoms with van der Waals surface area (Å²) in [6.07, 6.45) is -2.68. The van der Waals surface area contributed by atoms with Gasteiger partial charge in [0, 0.05) is 11.8 Å². The summed E-state index contributed by atoms with van der Waals surface area (Å²) in [6, 6.07) is 30.3. The van der Waals surface area contributed by atoms with E-state index in [-0.39, 0.29) is 31.6 Å². The van der Waals surface area contributed by atoms with Crippen molar-refractivity contribution in [2.75, 3.05) is 19.8 Å². The van der Waals surface area contributed by atoms with Gasteiger partial charge in [0.25, 0.3) is 5.91 Å². The third-order valence-electron chi connectivity index (χ3n) is 8.37. The molecule has 0 unspecified atom stereocenters. The van der Waals surface area contributed by atoms with Gasteiger partial charge in [0.1, 0.15) is 24.9 Å². The van der Waals surface area contributed by atoms with Crippen LogP contribution in [0, 0.1) is 0 Å². The van der Waals surface area contributed by atoms with Crippen LogP contribution in [0.1, 0.15) is 54.9 Å². The molecular formula is C38H37N3O7. The fourth-order valence-electron chi connectivity index (χ4n) is 6.31. The maximum atomic E-state index is 13.3. The van der Waals surface area contributed by atoms with Crippen molar-refractivity contribution in [3.8, 4) is 22.3 Å². The Kier molecular flexibility index (Phi) is 9.16. The Morgan fingerprint density at radius 2 is 1.00 bits per heavy atom. The summed E-state index contributed by atoms with van der Waals surface area (Å²) in [5.41, 5.74) is 7.60. The van der Waals surface area contributed by atoms with E-state index >= 15 is 0 Å². The molecule has 0 aliphatic heterocycles. The van der Waals surface area contributed by atoms with Crippen LogP contribution in [0.15, 0.2) is 97.1 Å². The highest BCUT2D eigenvalue weighted by molar-refractivity contribution is 5.96. The Bertz CT molecular complexity index is 1770. The highest BCUT2D eigenvalue weighted by Crippen LogP contribution is 2.45. The summed E-state index contributed by atoms with van der Waals surface area (Å²) in [6.45, 7) is 4.73. The molecule has 0 saturated carbocycles. The van der Waals surface area contributed by atoms with Gasteiger partial charge < -0.3 is 24.8 Å². The third kappa shape index (κ3) is 7.02. The molecule has 48 heavy (non-hydrogen) atoms. The molecule has 2 aliphatic rings.